The molecule has 1 aromatic carbocycles. The Morgan fingerprint density at radius 1 is 1.28 bits per heavy atom. The fourth-order valence-electron chi connectivity index (χ4n) is 2.41. The molecule has 0 atom stereocenters. The van der Waals surface area contributed by atoms with Crippen LogP contribution in [0.2, 0.25) is 0 Å². The Balaban J connectivity index is 1.94. The zero-order valence-corrected chi connectivity index (χ0v) is 11.7. The minimum absolute atomic E-state index is 0.753. The van der Waals surface area contributed by atoms with Crippen molar-refractivity contribution in [2.75, 3.05) is 44.1 Å². The van der Waals surface area contributed by atoms with Crippen molar-refractivity contribution in [2.45, 2.75) is 19.8 Å². The molecule has 1 heterocycles. The smallest absolute Gasteiger partial charge is 0.0469 e. The number of nitrogens with zero attached hydrogens (tertiary/aromatic N) is 1. The Hall–Kier alpha value is -1.22. The number of hydrogen-bond donors (Lipinski definition) is 1. The first kappa shape index (κ1) is 13.2. The van der Waals surface area contributed by atoms with Gasteiger partial charge in [0.15, 0.2) is 0 Å². The number of aryl methyl sites for hydroxylation is 1. The molecule has 1 aliphatic heterocycles. The molecule has 0 spiro atoms. The molecule has 0 aliphatic carbocycles. The number of ether oxygens (including phenoxy) is 1. The first-order valence-electron chi connectivity index (χ1n) is 6.76. The molecule has 2 rings (SSSR count). The molecule has 1 aromatic rings. The standard InChI is InChI=1S/C15H24N2O/c1-12-4-5-14(10-15(12)17(2)3)16-11-13-6-8-18-9-7-13/h4-5,10,13,16H,6-9,11H2,1-3H3. The summed E-state index contributed by atoms with van der Waals surface area (Å²) in [6.45, 7) is 5.04. The van der Waals surface area contributed by atoms with Gasteiger partial charge in [-0.2, -0.15) is 0 Å². The van der Waals surface area contributed by atoms with Crippen molar-refractivity contribution in [2.24, 2.45) is 5.92 Å². The minimum Gasteiger partial charge on any atom is -0.385 e. The van der Waals surface area contributed by atoms with Gasteiger partial charge in [-0.25, -0.2) is 0 Å². The van der Waals surface area contributed by atoms with E-state index in [1.165, 1.54) is 29.8 Å². The van der Waals surface area contributed by atoms with Gasteiger partial charge in [-0.05, 0) is 43.4 Å². The summed E-state index contributed by atoms with van der Waals surface area (Å²) >= 11 is 0. The third kappa shape index (κ3) is 3.39. The van der Waals surface area contributed by atoms with Gasteiger partial charge in [-0.15, -0.1) is 0 Å². The lowest BCUT2D eigenvalue weighted by molar-refractivity contribution is 0.0699. The molecule has 1 N–H and O–H groups in total. The normalized spacial score (nSPS) is 16.6. The van der Waals surface area contributed by atoms with E-state index in [9.17, 15) is 0 Å². The molecule has 0 bridgehead atoms. The van der Waals surface area contributed by atoms with Crippen LogP contribution in [0.1, 0.15) is 18.4 Å². The average Bonchev–Trinajstić information content (AvgIpc) is 2.38. The van der Waals surface area contributed by atoms with E-state index < -0.39 is 0 Å². The summed E-state index contributed by atoms with van der Waals surface area (Å²) in [6, 6.07) is 6.58. The second-order valence-corrected chi connectivity index (χ2v) is 5.33. The summed E-state index contributed by atoms with van der Waals surface area (Å²) in [6.07, 6.45) is 2.36. The first-order chi connectivity index (χ1) is 8.66. The minimum atomic E-state index is 0.753. The average molecular weight is 248 g/mol. The predicted octanol–water partition coefficient (Wildman–Crippen LogP) is 2.90. The third-order valence-corrected chi connectivity index (χ3v) is 3.63. The fraction of sp³-hybridized carbons (Fsp3) is 0.600. The van der Waals surface area contributed by atoms with E-state index in [1.807, 2.05) is 0 Å². The predicted molar refractivity (Wildman–Crippen MR) is 77.5 cm³/mol. The molecule has 1 aliphatic rings. The van der Waals surface area contributed by atoms with E-state index in [2.05, 4.69) is 49.4 Å². The number of anilines is 2. The van der Waals surface area contributed by atoms with E-state index >= 15 is 0 Å². The maximum Gasteiger partial charge on any atom is 0.0469 e. The highest BCUT2D eigenvalue weighted by Crippen LogP contribution is 2.23. The molecule has 0 radical (unpaired) electrons. The van der Waals surface area contributed by atoms with Gasteiger partial charge >= 0.3 is 0 Å². The lowest BCUT2D eigenvalue weighted by Crippen LogP contribution is -2.22. The van der Waals surface area contributed by atoms with Gasteiger partial charge in [0, 0.05) is 45.2 Å². The Bertz CT molecular complexity index is 384. The molecule has 3 heteroatoms. The van der Waals surface area contributed by atoms with Gasteiger partial charge < -0.3 is 15.0 Å². The molecule has 0 saturated carbocycles. The van der Waals surface area contributed by atoms with Crippen molar-refractivity contribution in [1.82, 2.24) is 0 Å². The van der Waals surface area contributed by atoms with Crippen molar-refractivity contribution in [3.05, 3.63) is 23.8 Å². The van der Waals surface area contributed by atoms with Crippen molar-refractivity contribution in [3.63, 3.8) is 0 Å². The molecule has 0 aromatic heterocycles. The summed E-state index contributed by atoms with van der Waals surface area (Å²) in [7, 11) is 4.18. The Morgan fingerprint density at radius 2 is 2.00 bits per heavy atom. The fourth-order valence-corrected chi connectivity index (χ4v) is 2.41. The van der Waals surface area contributed by atoms with Crippen LogP contribution in [0.5, 0.6) is 0 Å². The van der Waals surface area contributed by atoms with Crippen LogP contribution in [-0.4, -0.2) is 33.9 Å². The van der Waals surface area contributed by atoms with Crippen LogP contribution >= 0.6 is 0 Å². The summed E-state index contributed by atoms with van der Waals surface area (Å²) in [5.74, 6) is 0.753. The zero-order chi connectivity index (χ0) is 13.0. The third-order valence-electron chi connectivity index (χ3n) is 3.63. The lowest BCUT2D eigenvalue weighted by atomic mass is 10.0. The van der Waals surface area contributed by atoms with Gasteiger partial charge in [-0.3, -0.25) is 0 Å². The molecular weight excluding hydrogens is 224 g/mol. The summed E-state index contributed by atoms with van der Waals surface area (Å²) in [5, 5.41) is 3.55. The monoisotopic (exact) mass is 248 g/mol. The Labute approximate surface area is 110 Å². The SMILES string of the molecule is Cc1ccc(NCC2CCOCC2)cc1N(C)C. The molecule has 0 amide bonds. The highest BCUT2D eigenvalue weighted by atomic mass is 16.5. The molecule has 18 heavy (non-hydrogen) atoms. The van der Waals surface area contributed by atoms with E-state index in [1.54, 1.807) is 0 Å². The lowest BCUT2D eigenvalue weighted by Gasteiger charge is -2.23. The van der Waals surface area contributed by atoms with Crippen LogP contribution in [0, 0.1) is 12.8 Å². The van der Waals surface area contributed by atoms with E-state index in [4.69, 9.17) is 4.74 Å². The zero-order valence-electron chi connectivity index (χ0n) is 11.7. The number of benzene rings is 1. The summed E-state index contributed by atoms with van der Waals surface area (Å²) in [5.41, 5.74) is 3.82. The van der Waals surface area contributed by atoms with E-state index in [-0.39, 0.29) is 0 Å². The molecule has 100 valence electrons. The highest BCUT2D eigenvalue weighted by Gasteiger charge is 2.13. The molecule has 1 fully saturated rings. The molecule has 0 unspecified atom stereocenters. The van der Waals surface area contributed by atoms with Crippen molar-refractivity contribution >= 4 is 11.4 Å². The Morgan fingerprint density at radius 3 is 2.67 bits per heavy atom. The van der Waals surface area contributed by atoms with Gasteiger partial charge in [0.2, 0.25) is 0 Å². The molecule has 1 saturated heterocycles. The van der Waals surface area contributed by atoms with Gasteiger partial charge in [0.05, 0.1) is 0 Å². The number of rotatable bonds is 4. The largest absolute Gasteiger partial charge is 0.385 e. The quantitative estimate of drug-likeness (QED) is 0.886. The number of hydrogen-bond acceptors (Lipinski definition) is 3. The van der Waals surface area contributed by atoms with E-state index in [0.717, 1.165) is 25.7 Å². The van der Waals surface area contributed by atoms with Gasteiger partial charge in [0.1, 0.15) is 0 Å². The van der Waals surface area contributed by atoms with Crippen LogP contribution in [-0.2, 0) is 4.74 Å². The van der Waals surface area contributed by atoms with Crippen molar-refractivity contribution in [1.29, 1.82) is 0 Å². The molecule has 3 nitrogen and oxygen atoms in total. The summed E-state index contributed by atoms with van der Waals surface area (Å²) in [4.78, 5) is 2.16. The van der Waals surface area contributed by atoms with Crippen LogP contribution in [0.3, 0.4) is 0 Å². The molecular formula is C15H24N2O. The number of nitrogens with one attached hydrogen (secondary N) is 1. The van der Waals surface area contributed by atoms with Gasteiger partial charge in [0.25, 0.3) is 0 Å². The van der Waals surface area contributed by atoms with Crippen LogP contribution in [0.4, 0.5) is 11.4 Å². The first-order valence-corrected chi connectivity index (χ1v) is 6.76. The summed E-state index contributed by atoms with van der Waals surface area (Å²) < 4.78 is 5.38. The van der Waals surface area contributed by atoms with Crippen LogP contribution < -0.4 is 10.2 Å². The van der Waals surface area contributed by atoms with Crippen LogP contribution in [0.15, 0.2) is 18.2 Å². The second-order valence-electron chi connectivity index (χ2n) is 5.33. The van der Waals surface area contributed by atoms with Crippen molar-refractivity contribution < 1.29 is 4.74 Å². The van der Waals surface area contributed by atoms with Crippen LogP contribution in [0.25, 0.3) is 0 Å². The maximum absolute atomic E-state index is 5.38. The van der Waals surface area contributed by atoms with E-state index in [0.29, 0.717) is 0 Å². The second kappa shape index (κ2) is 6.10. The van der Waals surface area contributed by atoms with Gasteiger partial charge in [-0.1, -0.05) is 6.07 Å². The maximum atomic E-state index is 5.38. The van der Waals surface area contributed by atoms with Crippen molar-refractivity contribution in [3.8, 4) is 0 Å². The topological polar surface area (TPSA) is 24.5 Å². The highest BCUT2D eigenvalue weighted by molar-refractivity contribution is 5.61. The Kier molecular flexibility index (Phi) is 4.48.